The maximum Gasteiger partial charge on any atom is 0.364 e. The first-order valence-electron chi connectivity index (χ1n) is 28.8. The molecular formula is C56H91N9O16S. The number of fused-ring (bicyclic) bond motifs is 1. The largest absolute Gasteiger partial charge is 0.477 e. The molecule has 3 saturated heterocycles. The lowest BCUT2D eigenvalue weighted by molar-refractivity contribution is -0.310. The maximum absolute atomic E-state index is 13.0. The molecule has 1 aromatic heterocycles. The third kappa shape index (κ3) is 22.9. The van der Waals surface area contributed by atoms with Crippen LogP contribution in [0.1, 0.15) is 117 Å². The van der Waals surface area contributed by atoms with Crippen LogP contribution >= 0.6 is 11.8 Å². The number of urea groups is 1. The number of benzene rings is 1. The number of unbranched alkanes of at least 4 members (excludes halogenated alkanes) is 5. The Morgan fingerprint density at radius 2 is 1.50 bits per heavy atom. The van der Waals surface area contributed by atoms with Crippen molar-refractivity contribution < 1.29 is 78.0 Å². The molecule has 9 atom stereocenters. The number of aliphatic hydroxyl groups excluding tert-OH is 4. The maximum atomic E-state index is 13.0. The van der Waals surface area contributed by atoms with Crippen molar-refractivity contribution in [3.63, 3.8) is 0 Å². The van der Waals surface area contributed by atoms with Crippen LogP contribution in [-0.2, 0) is 60.6 Å². The van der Waals surface area contributed by atoms with Gasteiger partial charge in [0.05, 0.1) is 95.7 Å². The standard InChI is InChI=1S/C56H91N9O16S/c1-6-7-15-44(69)57-21-12-8-9-13-24-80-56(52(74)75)28-41(67)49(61-47(72)31-66)51(81-56)50(73)42(68)29-59-46(71)27-37-17-19-38(20-18-37)39-30-65(64-63-39)23-26-78-34-55(4,5)36-79-35-54(2,3)33-77-25-22-58-45(70)16-11-10-14-43-48-40(32-82-43)60-53(76)62-48/h17-20,30,40-43,48-51,66-68,73H,6-16,21-29,31-36H2,1-5H3,(H,57,69)(H,58,70)(H,59,71)(H,61,72)(H,74,75)(H2,60,62,76)/t40?,41-,42+,43-,48-,49+,50+,51+,56+/m0/s1. The van der Waals surface area contributed by atoms with Crippen molar-refractivity contribution in [3.8, 4) is 11.3 Å². The van der Waals surface area contributed by atoms with E-state index in [1.165, 1.54) is 0 Å². The van der Waals surface area contributed by atoms with Gasteiger partial charge in [0.15, 0.2) is 0 Å². The number of ether oxygens (including phenoxy) is 5. The van der Waals surface area contributed by atoms with Crippen molar-refractivity contribution in [1.82, 2.24) is 46.9 Å². The number of aliphatic carboxylic acids is 1. The summed E-state index contributed by atoms with van der Waals surface area (Å²) < 4.78 is 31.2. The molecule has 26 heteroatoms. The molecule has 25 nitrogen and oxygen atoms in total. The van der Waals surface area contributed by atoms with E-state index in [9.17, 15) is 54.3 Å². The van der Waals surface area contributed by atoms with Crippen LogP contribution in [0.4, 0.5) is 4.79 Å². The first-order chi connectivity index (χ1) is 39.1. The van der Waals surface area contributed by atoms with Crippen molar-refractivity contribution in [2.75, 3.05) is 78.2 Å². The SMILES string of the molecule is CCCCC(=O)NCCCCCCO[C@]1(C(=O)O)C[C@H](O)[C@@H](NC(=O)CO)[C@H]([C@H](O)[C@H](O)CNC(=O)Cc2ccc(-c3cn(CCOCC(C)(C)COCC(C)(C)COCCNC(=O)CCCC[C@@H]4SCC5NC(=O)N[C@@H]54)nn3)cc2)O1. The van der Waals surface area contributed by atoms with Gasteiger partial charge in [-0.15, -0.1) is 5.10 Å². The van der Waals surface area contributed by atoms with Crippen LogP contribution in [0.15, 0.2) is 30.5 Å². The summed E-state index contributed by atoms with van der Waals surface area (Å²) in [5.41, 5.74) is 1.48. The first-order valence-corrected chi connectivity index (χ1v) is 29.9. The molecule has 6 amide bonds. The Kier molecular flexibility index (Phi) is 28.1. The summed E-state index contributed by atoms with van der Waals surface area (Å²) >= 11 is 1.88. The fraction of sp³-hybridized carbons (Fsp3) is 0.750. The average molecular weight is 1180 g/mol. The van der Waals surface area contributed by atoms with Gasteiger partial charge >= 0.3 is 12.0 Å². The zero-order chi connectivity index (χ0) is 59.7. The van der Waals surface area contributed by atoms with Crippen molar-refractivity contribution in [2.24, 2.45) is 10.8 Å². The number of aliphatic hydroxyl groups is 4. The zero-order valence-electron chi connectivity index (χ0n) is 48.4. The molecule has 1 aromatic carbocycles. The van der Waals surface area contributed by atoms with E-state index in [4.69, 9.17) is 23.7 Å². The van der Waals surface area contributed by atoms with E-state index in [1.54, 1.807) is 35.1 Å². The number of carbonyl (C=O) groups excluding carboxylic acids is 5. The second-order valence-electron chi connectivity index (χ2n) is 23.1. The van der Waals surface area contributed by atoms with Gasteiger partial charge in [-0.2, -0.15) is 11.8 Å². The van der Waals surface area contributed by atoms with Gasteiger partial charge < -0.3 is 81.1 Å². The molecule has 4 heterocycles. The molecule has 0 bridgehead atoms. The number of thioether (sulfide) groups is 1. The molecular weight excluding hydrogens is 1090 g/mol. The van der Waals surface area contributed by atoms with Gasteiger partial charge in [0.1, 0.15) is 24.5 Å². The summed E-state index contributed by atoms with van der Waals surface area (Å²) in [7, 11) is 0. The number of rotatable bonds is 40. The highest BCUT2D eigenvalue weighted by Gasteiger charge is 2.56. The molecule has 2 aromatic rings. The highest BCUT2D eigenvalue weighted by molar-refractivity contribution is 8.00. The minimum atomic E-state index is -2.47. The number of hydrogen-bond donors (Lipinski definition) is 11. The second kappa shape index (κ2) is 34.1. The molecule has 0 saturated carbocycles. The van der Waals surface area contributed by atoms with Crippen LogP contribution in [0.5, 0.6) is 0 Å². The lowest BCUT2D eigenvalue weighted by Gasteiger charge is -2.46. The first kappa shape index (κ1) is 67.8. The molecule has 3 aliphatic rings. The third-order valence-corrected chi connectivity index (χ3v) is 15.8. The summed E-state index contributed by atoms with van der Waals surface area (Å²) in [5, 5.41) is 78.7. The van der Waals surface area contributed by atoms with Crippen LogP contribution in [0.2, 0.25) is 0 Å². The number of carbonyl (C=O) groups is 6. The van der Waals surface area contributed by atoms with E-state index >= 15 is 0 Å². The predicted molar refractivity (Wildman–Crippen MR) is 303 cm³/mol. The summed E-state index contributed by atoms with van der Waals surface area (Å²) in [4.78, 5) is 73.7. The van der Waals surface area contributed by atoms with Gasteiger partial charge in [-0.1, -0.05) is 89.8 Å². The van der Waals surface area contributed by atoms with Crippen LogP contribution in [-0.4, -0.2) is 208 Å². The fourth-order valence-corrected chi connectivity index (χ4v) is 11.3. The number of carboxylic acids is 1. The van der Waals surface area contributed by atoms with Crippen LogP contribution in [0, 0.1) is 10.8 Å². The molecule has 0 spiro atoms. The normalized spacial score (nSPS) is 22.4. The molecule has 11 N–H and O–H groups in total. The molecule has 1 unspecified atom stereocenters. The van der Waals surface area contributed by atoms with Crippen LogP contribution in [0.3, 0.4) is 0 Å². The Hall–Kier alpha value is -5.03. The number of nitrogens with one attached hydrogen (secondary N) is 6. The topological polar surface area (TPSA) is 353 Å². The fourth-order valence-electron chi connectivity index (χ4n) is 9.72. The molecule has 3 fully saturated rings. The van der Waals surface area contributed by atoms with E-state index in [-0.39, 0.29) is 53.8 Å². The third-order valence-electron chi connectivity index (χ3n) is 14.3. The van der Waals surface area contributed by atoms with E-state index < -0.39 is 73.6 Å². The Morgan fingerprint density at radius 3 is 2.20 bits per heavy atom. The van der Waals surface area contributed by atoms with Crippen LogP contribution in [0.25, 0.3) is 11.3 Å². The highest BCUT2D eigenvalue weighted by atomic mass is 32.2. The summed E-state index contributed by atoms with van der Waals surface area (Å²) in [6, 6.07) is 5.89. The van der Waals surface area contributed by atoms with Crippen LogP contribution < -0.4 is 31.9 Å². The number of aromatic nitrogens is 3. The Morgan fingerprint density at radius 1 is 0.829 bits per heavy atom. The van der Waals surface area contributed by atoms with Gasteiger partial charge in [-0.05, 0) is 37.7 Å². The van der Waals surface area contributed by atoms with Crippen molar-refractivity contribution >= 4 is 47.4 Å². The van der Waals surface area contributed by atoms with E-state index in [0.717, 1.165) is 49.8 Å². The lowest BCUT2D eigenvalue weighted by Crippen LogP contribution is -2.68. The van der Waals surface area contributed by atoms with Crippen molar-refractivity contribution in [3.05, 3.63) is 36.0 Å². The molecule has 0 aliphatic carbocycles. The molecule has 82 heavy (non-hydrogen) atoms. The molecule has 462 valence electrons. The average Bonchev–Trinajstić information content (AvgIpc) is 3.59. The van der Waals surface area contributed by atoms with Crippen molar-refractivity contribution in [2.45, 2.75) is 178 Å². The lowest BCUT2D eigenvalue weighted by atomic mass is 9.88. The molecule has 0 radical (unpaired) electrons. The summed E-state index contributed by atoms with van der Waals surface area (Å²) in [6.45, 7) is 12.8. The zero-order valence-corrected chi connectivity index (χ0v) is 49.2. The van der Waals surface area contributed by atoms with Gasteiger partial charge in [0.25, 0.3) is 5.79 Å². The Labute approximate surface area is 485 Å². The summed E-state index contributed by atoms with van der Waals surface area (Å²) in [6.07, 6.45) is 1.76. The minimum absolute atomic E-state index is 0.00465. The molecule has 3 aliphatic heterocycles. The second-order valence-corrected chi connectivity index (χ2v) is 24.4. The van der Waals surface area contributed by atoms with Gasteiger partial charge in [0.2, 0.25) is 23.6 Å². The minimum Gasteiger partial charge on any atom is -0.477 e. The number of nitrogens with zero attached hydrogens (tertiary/aromatic N) is 3. The highest BCUT2D eigenvalue weighted by Crippen LogP contribution is 2.35. The molecule has 5 rings (SSSR count). The Balaban J connectivity index is 0.950. The van der Waals surface area contributed by atoms with Crippen molar-refractivity contribution in [1.29, 1.82) is 0 Å². The number of amides is 6. The number of hydrogen-bond acceptors (Lipinski definition) is 18. The summed E-state index contributed by atoms with van der Waals surface area (Å²) in [5.74, 6) is -4.60. The predicted octanol–water partition coefficient (Wildman–Crippen LogP) is 1.56. The van der Waals surface area contributed by atoms with Gasteiger partial charge in [-0.3, -0.25) is 19.2 Å². The monoisotopic (exact) mass is 1180 g/mol. The quantitative estimate of drug-likeness (QED) is 0.0333. The van der Waals surface area contributed by atoms with Gasteiger partial charge in [0, 0.05) is 66.3 Å². The van der Waals surface area contributed by atoms with Gasteiger partial charge in [-0.25, -0.2) is 14.3 Å². The number of carboxylic acid groups (broad SMARTS) is 1. The smallest absolute Gasteiger partial charge is 0.364 e. The van der Waals surface area contributed by atoms with E-state index in [1.807, 2.05) is 18.7 Å². The van der Waals surface area contributed by atoms with E-state index in [0.29, 0.717) is 108 Å². The van der Waals surface area contributed by atoms with E-state index in [2.05, 4.69) is 69.9 Å². The Bertz CT molecular complexity index is 2310.